The molecule has 0 radical (unpaired) electrons. The molecule has 0 bridgehead atoms. The molecule has 0 spiro atoms. The lowest BCUT2D eigenvalue weighted by molar-refractivity contribution is -0.136. The number of esters is 1. The topological polar surface area (TPSA) is 46.5 Å². The van der Waals surface area contributed by atoms with Gasteiger partial charge in [0.25, 0.3) is 0 Å². The lowest BCUT2D eigenvalue weighted by Gasteiger charge is -2.46. The fourth-order valence-corrected chi connectivity index (χ4v) is 4.98. The van der Waals surface area contributed by atoms with Crippen molar-refractivity contribution in [2.75, 3.05) is 6.61 Å². The number of cyclic esters (lactones) is 1. The van der Waals surface area contributed by atoms with Crippen molar-refractivity contribution in [1.82, 2.24) is 0 Å². The van der Waals surface area contributed by atoms with Crippen LogP contribution in [0.15, 0.2) is 23.3 Å². The van der Waals surface area contributed by atoms with Gasteiger partial charge in [-0.25, -0.2) is 4.79 Å². The molecule has 2 atom stereocenters. The maximum absolute atomic E-state index is 11.9. The first kappa shape index (κ1) is 14.8. The van der Waals surface area contributed by atoms with Gasteiger partial charge in [-0.05, 0) is 65.2 Å². The predicted octanol–water partition coefficient (Wildman–Crippen LogP) is 3.98. The van der Waals surface area contributed by atoms with Gasteiger partial charge in [-0.3, -0.25) is 0 Å². The molecule has 0 fully saturated rings. The van der Waals surface area contributed by atoms with Gasteiger partial charge in [0.05, 0.1) is 0 Å². The third kappa shape index (κ3) is 1.92. The van der Waals surface area contributed by atoms with Crippen molar-refractivity contribution in [2.45, 2.75) is 57.8 Å². The molecule has 1 aromatic rings. The first-order valence-electron chi connectivity index (χ1n) is 8.67. The maximum atomic E-state index is 11.9. The van der Waals surface area contributed by atoms with E-state index in [9.17, 15) is 9.90 Å². The average molecular weight is 312 g/mol. The Bertz CT molecular complexity index is 729. The zero-order valence-electron chi connectivity index (χ0n) is 14.1. The van der Waals surface area contributed by atoms with Crippen molar-refractivity contribution >= 4 is 5.97 Å². The SMILES string of the molecule is CC(C)c1ccc2c(c1O)CC[C@H]1C3=C(CC[C@@]21C)C(=O)OC3. The van der Waals surface area contributed by atoms with Crippen molar-refractivity contribution in [3.05, 3.63) is 40.0 Å². The summed E-state index contributed by atoms with van der Waals surface area (Å²) < 4.78 is 5.29. The quantitative estimate of drug-likeness (QED) is 0.798. The Kier molecular flexibility index (Phi) is 3.13. The van der Waals surface area contributed by atoms with Crippen molar-refractivity contribution in [1.29, 1.82) is 0 Å². The summed E-state index contributed by atoms with van der Waals surface area (Å²) in [6.45, 7) is 7.01. The number of hydrogen-bond acceptors (Lipinski definition) is 3. The Morgan fingerprint density at radius 3 is 2.83 bits per heavy atom. The number of phenolic OH excluding ortho intramolecular Hbond substituents is 1. The van der Waals surface area contributed by atoms with Crippen molar-refractivity contribution in [3.63, 3.8) is 0 Å². The molecule has 122 valence electrons. The van der Waals surface area contributed by atoms with Crippen molar-refractivity contribution < 1.29 is 14.6 Å². The fraction of sp³-hybridized carbons (Fsp3) is 0.550. The van der Waals surface area contributed by atoms with E-state index < -0.39 is 0 Å². The van der Waals surface area contributed by atoms with Crippen LogP contribution in [0.4, 0.5) is 0 Å². The Morgan fingerprint density at radius 1 is 1.30 bits per heavy atom. The molecule has 0 unspecified atom stereocenters. The zero-order chi connectivity index (χ0) is 16.4. The third-order valence-corrected chi connectivity index (χ3v) is 6.31. The van der Waals surface area contributed by atoms with Gasteiger partial charge < -0.3 is 9.84 Å². The standard InChI is InChI=1S/C20H24O3/c1-11(2)12-4-6-16-14(18(12)21)5-7-17-15-10-23-19(22)13(15)8-9-20(16,17)3/h4,6,11,17,21H,5,7-10H2,1-3H3/t17-,20-/m0/s1. The minimum absolute atomic E-state index is 0.00733. The van der Waals surface area contributed by atoms with Gasteiger partial charge in [0.1, 0.15) is 12.4 Å². The maximum Gasteiger partial charge on any atom is 0.334 e. The van der Waals surface area contributed by atoms with Crippen molar-refractivity contribution in [3.8, 4) is 5.75 Å². The van der Waals surface area contributed by atoms with E-state index in [2.05, 4.69) is 32.9 Å². The second-order valence-corrected chi connectivity index (χ2v) is 7.77. The Labute approximate surface area is 137 Å². The monoisotopic (exact) mass is 312 g/mol. The van der Waals surface area contributed by atoms with Crippen molar-refractivity contribution in [2.24, 2.45) is 5.92 Å². The Morgan fingerprint density at radius 2 is 2.09 bits per heavy atom. The molecule has 23 heavy (non-hydrogen) atoms. The summed E-state index contributed by atoms with van der Waals surface area (Å²) in [6.07, 6.45) is 3.63. The van der Waals surface area contributed by atoms with Crippen LogP contribution >= 0.6 is 0 Å². The van der Waals surface area contributed by atoms with Gasteiger partial charge >= 0.3 is 5.97 Å². The summed E-state index contributed by atoms with van der Waals surface area (Å²) in [7, 11) is 0. The van der Waals surface area contributed by atoms with Gasteiger partial charge in [-0.2, -0.15) is 0 Å². The zero-order valence-corrected chi connectivity index (χ0v) is 14.1. The Hall–Kier alpha value is -1.77. The second kappa shape index (κ2) is 4.86. The van der Waals surface area contributed by atoms with Crippen LogP contribution in [0, 0.1) is 5.92 Å². The van der Waals surface area contributed by atoms with Gasteiger partial charge in [-0.1, -0.05) is 32.9 Å². The molecule has 1 heterocycles. The lowest BCUT2D eigenvalue weighted by Crippen LogP contribution is -2.41. The Balaban J connectivity index is 1.84. The van der Waals surface area contributed by atoms with E-state index in [1.54, 1.807) is 0 Å². The summed E-state index contributed by atoms with van der Waals surface area (Å²) in [6, 6.07) is 4.31. The van der Waals surface area contributed by atoms with Crippen LogP contribution in [0.2, 0.25) is 0 Å². The molecular weight excluding hydrogens is 288 g/mol. The van der Waals surface area contributed by atoms with Gasteiger partial charge in [0.2, 0.25) is 0 Å². The van der Waals surface area contributed by atoms with Crippen LogP contribution in [0.25, 0.3) is 0 Å². The molecule has 4 rings (SSSR count). The number of fused-ring (bicyclic) bond motifs is 4. The second-order valence-electron chi connectivity index (χ2n) is 7.77. The predicted molar refractivity (Wildman–Crippen MR) is 88.6 cm³/mol. The number of carbonyl (C=O) groups excluding carboxylic acids is 1. The summed E-state index contributed by atoms with van der Waals surface area (Å²) in [5, 5.41) is 10.7. The first-order valence-corrected chi connectivity index (χ1v) is 8.67. The highest BCUT2D eigenvalue weighted by atomic mass is 16.5. The lowest BCUT2D eigenvalue weighted by atomic mass is 9.56. The number of ether oxygens (including phenoxy) is 1. The van der Waals surface area contributed by atoms with E-state index in [1.807, 2.05) is 0 Å². The number of carbonyl (C=O) groups is 1. The average Bonchev–Trinajstić information content (AvgIpc) is 2.88. The number of benzene rings is 1. The molecular formula is C20H24O3. The van der Waals surface area contributed by atoms with Gasteiger partial charge in [-0.15, -0.1) is 0 Å². The highest BCUT2D eigenvalue weighted by Gasteiger charge is 2.49. The minimum Gasteiger partial charge on any atom is -0.507 e. The van der Waals surface area contributed by atoms with Crippen LogP contribution in [0.3, 0.4) is 0 Å². The van der Waals surface area contributed by atoms with E-state index >= 15 is 0 Å². The molecule has 1 N–H and O–H groups in total. The summed E-state index contributed by atoms with van der Waals surface area (Å²) in [5.74, 6) is 1.09. The van der Waals surface area contributed by atoms with Crippen LogP contribution in [0.5, 0.6) is 5.75 Å². The van der Waals surface area contributed by atoms with Crippen LogP contribution in [-0.4, -0.2) is 17.7 Å². The molecule has 3 aliphatic rings. The van der Waals surface area contributed by atoms with Crippen LogP contribution < -0.4 is 0 Å². The van der Waals surface area contributed by atoms with E-state index in [4.69, 9.17) is 4.74 Å². The first-order chi connectivity index (χ1) is 10.9. The molecule has 0 amide bonds. The number of hydrogen-bond donors (Lipinski definition) is 1. The third-order valence-electron chi connectivity index (χ3n) is 6.31. The fourth-order valence-electron chi connectivity index (χ4n) is 4.98. The number of aromatic hydroxyl groups is 1. The molecule has 2 aliphatic carbocycles. The largest absolute Gasteiger partial charge is 0.507 e. The molecule has 3 heteroatoms. The minimum atomic E-state index is -0.106. The van der Waals surface area contributed by atoms with Crippen LogP contribution in [-0.2, 0) is 21.4 Å². The highest BCUT2D eigenvalue weighted by molar-refractivity contribution is 5.92. The molecule has 0 saturated carbocycles. The molecule has 1 aliphatic heterocycles. The highest BCUT2D eigenvalue weighted by Crippen LogP contribution is 2.55. The summed E-state index contributed by atoms with van der Waals surface area (Å²) in [5.41, 5.74) is 5.61. The van der Waals surface area contributed by atoms with E-state index in [-0.39, 0.29) is 11.4 Å². The number of rotatable bonds is 1. The van der Waals surface area contributed by atoms with E-state index in [0.717, 1.165) is 42.4 Å². The molecule has 1 aromatic carbocycles. The summed E-state index contributed by atoms with van der Waals surface area (Å²) in [4.78, 5) is 11.9. The van der Waals surface area contributed by atoms with E-state index in [0.29, 0.717) is 24.2 Å². The van der Waals surface area contributed by atoms with Crippen LogP contribution in [0.1, 0.15) is 62.6 Å². The molecule has 3 nitrogen and oxygen atoms in total. The molecule has 0 aromatic heterocycles. The smallest absolute Gasteiger partial charge is 0.334 e. The normalized spacial score (nSPS) is 29.2. The van der Waals surface area contributed by atoms with Gasteiger partial charge in [0.15, 0.2) is 0 Å². The number of phenols is 1. The molecule has 0 saturated heterocycles. The summed E-state index contributed by atoms with van der Waals surface area (Å²) >= 11 is 0. The van der Waals surface area contributed by atoms with E-state index in [1.165, 1.54) is 11.1 Å². The van der Waals surface area contributed by atoms with Gasteiger partial charge in [0, 0.05) is 5.57 Å².